The SMILES string of the molecule is C/C(=C\C=C(/C)N(c1ccc(-c2ccccc2)cc1)c1cc(-c2cc3ccccc3c3ccccc23)ccc1-c1ccccc1)c1ccccc1. The smallest absolute Gasteiger partial charge is 0.0542 e. The second-order valence-electron chi connectivity index (χ2n) is 13.1. The quantitative estimate of drug-likeness (QED) is 0.117. The number of allylic oxidation sites excluding steroid dienone is 4. The Kier molecular flexibility index (Phi) is 8.85. The molecule has 0 aromatic heterocycles. The Morgan fingerprint density at radius 2 is 0.961 bits per heavy atom. The van der Waals surface area contributed by atoms with Crippen molar-refractivity contribution in [3.05, 3.63) is 211 Å². The first-order valence-electron chi connectivity index (χ1n) is 17.6. The van der Waals surface area contributed by atoms with Gasteiger partial charge in [-0.25, -0.2) is 0 Å². The molecule has 1 heteroatoms. The molecule has 0 aliphatic carbocycles. The number of hydrogen-bond acceptors (Lipinski definition) is 1. The van der Waals surface area contributed by atoms with E-state index in [1.807, 2.05) is 0 Å². The number of benzene rings is 8. The number of hydrogen-bond donors (Lipinski definition) is 0. The molecule has 0 aliphatic rings. The van der Waals surface area contributed by atoms with Crippen molar-refractivity contribution in [3.63, 3.8) is 0 Å². The molecule has 244 valence electrons. The van der Waals surface area contributed by atoms with Gasteiger partial charge in [-0.15, -0.1) is 0 Å². The molecule has 0 radical (unpaired) electrons. The summed E-state index contributed by atoms with van der Waals surface area (Å²) in [6.07, 6.45) is 4.49. The van der Waals surface area contributed by atoms with Crippen LogP contribution in [0, 0.1) is 0 Å². The fourth-order valence-electron chi connectivity index (χ4n) is 7.12. The number of anilines is 2. The second kappa shape index (κ2) is 14.2. The third-order valence-electron chi connectivity index (χ3n) is 9.79. The van der Waals surface area contributed by atoms with Crippen molar-refractivity contribution < 1.29 is 0 Å². The molecule has 0 fully saturated rings. The van der Waals surface area contributed by atoms with Crippen molar-refractivity contribution in [1.82, 2.24) is 0 Å². The predicted molar refractivity (Wildman–Crippen MR) is 220 cm³/mol. The summed E-state index contributed by atoms with van der Waals surface area (Å²) in [6, 6.07) is 67.7. The van der Waals surface area contributed by atoms with Crippen LogP contribution < -0.4 is 4.90 Å². The van der Waals surface area contributed by atoms with E-state index in [0.717, 1.165) is 17.1 Å². The number of nitrogens with zero attached hydrogens (tertiary/aromatic N) is 1. The predicted octanol–water partition coefficient (Wildman–Crippen LogP) is 14.1. The van der Waals surface area contributed by atoms with Gasteiger partial charge in [-0.1, -0.05) is 170 Å². The average Bonchev–Trinajstić information content (AvgIpc) is 3.21. The summed E-state index contributed by atoms with van der Waals surface area (Å²) in [4.78, 5) is 2.42. The lowest BCUT2D eigenvalue weighted by atomic mass is 9.91. The number of rotatable bonds is 8. The zero-order valence-electron chi connectivity index (χ0n) is 29.0. The molecule has 1 nitrogen and oxygen atoms in total. The van der Waals surface area contributed by atoms with E-state index in [1.165, 1.54) is 66.1 Å². The lowest BCUT2D eigenvalue weighted by molar-refractivity contribution is 1.16. The Labute approximate surface area is 301 Å². The van der Waals surface area contributed by atoms with Gasteiger partial charge >= 0.3 is 0 Å². The Morgan fingerprint density at radius 3 is 1.67 bits per heavy atom. The van der Waals surface area contributed by atoms with Gasteiger partial charge in [-0.3, -0.25) is 0 Å². The third-order valence-corrected chi connectivity index (χ3v) is 9.79. The first-order valence-corrected chi connectivity index (χ1v) is 17.6. The largest absolute Gasteiger partial charge is 0.314 e. The fourth-order valence-corrected chi connectivity index (χ4v) is 7.12. The van der Waals surface area contributed by atoms with Crippen LogP contribution in [0.25, 0.3) is 60.5 Å². The van der Waals surface area contributed by atoms with Crippen LogP contribution in [-0.4, -0.2) is 0 Å². The maximum atomic E-state index is 2.42. The standard InChI is InChI=1S/C50H39N/c1-36(38-16-6-3-7-17-38)26-27-37(2)51(44-31-28-40(29-32-44)39-18-8-4-9-19-39)50-35-43(30-33-46(50)41-20-10-5-11-21-41)49-34-42-22-12-13-23-45(42)47-24-14-15-25-48(47)49/h3-35H,1-2H3/b36-26+,37-27+. The zero-order valence-corrected chi connectivity index (χ0v) is 29.0. The highest BCUT2D eigenvalue weighted by atomic mass is 15.1. The molecule has 8 aromatic carbocycles. The molecular weight excluding hydrogens is 615 g/mol. The van der Waals surface area contributed by atoms with Gasteiger partial charge < -0.3 is 4.90 Å². The van der Waals surface area contributed by atoms with Crippen LogP contribution in [0.15, 0.2) is 206 Å². The van der Waals surface area contributed by atoms with Gasteiger partial charge in [-0.2, -0.15) is 0 Å². The number of fused-ring (bicyclic) bond motifs is 3. The third kappa shape index (κ3) is 6.50. The van der Waals surface area contributed by atoms with E-state index < -0.39 is 0 Å². The van der Waals surface area contributed by atoms with Crippen molar-refractivity contribution in [2.24, 2.45) is 0 Å². The first-order chi connectivity index (χ1) is 25.1. The molecule has 0 aliphatic heterocycles. The molecule has 51 heavy (non-hydrogen) atoms. The van der Waals surface area contributed by atoms with Gasteiger partial charge in [0, 0.05) is 16.9 Å². The van der Waals surface area contributed by atoms with Crippen LogP contribution in [0.3, 0.4) is 0 Å². The minimum Gasteiger partial charge on any atom is -0.314 e. The van der Waals surface area contributed by atoms with Crippen molar-refractivity contribution in [3.8, 4) is 33.4 Å². The van der Waals surface area contributed by atoms with Crippen molar-refractivity contribution in [2.75, 3.05) is 4.90 Å². The van der Waals surface area contributed by atoms with Gasteiger partial charge in [0.1, 0.15) is 0 Å². The molecule has 8 rings (SSSR count). The van der Waals surface area contributed by atoms with Crippen LogP contribution >= 0.6 is 0 Å². The molecule has 0 saturated heterocycles. The summed E-state index contributed by atoms with van der Waals surface area (Å²) >= 11 is 0. The lowest BCUT2D eigenvalue weighted by Gasteiger charge is -2.29. The maximum absolute atomic E-state index is 2.42. The minimum atomic E-state index is 1.10. The molecule has 0 N–H and O–H groups in total. The summed E-state index contributed by atoms with van der Waals surface area (Å²) in [5, 5.41) is 5.04. The molecule has 0 unspecified atom stereocenters. The zero-order chi connectivity index (χ0) is 34.6. The summed E-state index contributed by atoms with van der Waals surface area (Å²) < 4.78 is 0. The normalized spacial score (nSPS) is 12.0. The summed E-state index contributed by atoms with van der Waals surface area (Å²) in [5.74, 6) is 0. The van der Waals surface area contributed by atoms with Crippen LogP contribution in [0.1, 0.15) is 19.4 Å². The van der Waals surface area contributed by atoms with Crippen molar-refractivity contribution in [1.29, 1.82) is 0 Å². The van der Waals surface area contributed by atoms with E-state index in [0.29, 0.717) is 0 Å². The minimum absolute atomic E-state index is 1.10. The van der Waals surface area contributed by atoms with Crippen LogP contribution in [0.5, 0.6) is 0 Å². The molecule has 0 spiro atoms. The van der Waals surface area contributed by atoms with Crippen molar-refractivity contribution in [2.45, 2.75) is 13.8 Å². The van der Waals surface area contributed by atoms with Crippen LogP contribution in [0.2, 0.25) is 0 Å². The first kappa shape index (κ1) is 31.8. The van der Waals surface area contributed by atoms with Crippen molar-refractivity contribution >= 4 is 38.5 Å². The highest BCUT2D eigenvalue weighted by molar-refractivity contribution is 6.14. The Bertz CT molecular complexity index is 2510. The highest BCUT2D eigenvalue weighted by Crippen LogP contribution is 2.43. The van der Waals surface area contributed by atoms with E-state index in [4.69, 9.17) is 0 Å². The van der Waals surface area contributed by atoms with E-state index in [1.54, 1.807) is 0 Å². The highest BCUT2D eigenvalue weighted by Gasteiger charge is 2.19. The maximum Gasteiger partial charge on any atom is 0.0542 e. The molecule has 0 atom stereocenters. The average molecular weight is 654 g/mol. The van der Waals surface area contributed by atoms with Gasteiger partial charge in [-0.05, 0) is 105 Å². The van der Waals surface area contributed by atoms with E-state index in [9.17, 15) is 0 Å². The van der Waals surface area contributed by atoms with E-state index in [2.05, 4.69) is 219 Å². The molecule has 0 saturated carbocycles. The topological polar surface area (TPSA) is 3.24 Å². The van der Waals surface area contributed by atoms with E-state index in [-0.39, 0.29) is 0 Å². The molecule has 0 heterocycles. The summed E-state index contributed by atoms with van der Waals surface area (Å²) in [7, 11) is 0. The Hall–Kier alpha value is -6.44. The molecular formula is C50H39N. The summed E-state index contributed by atoms with van der Waals surface area (Å²) in [5.41, 5.74) is 13.0. The molecule has 0 bridgehead atoms. The van der Waals surface area contributed by atoms with Gasteiger partial charge in [0.05, 0.1) is 5.69 Å². The van der Waals surface area contributed by atoms with E-state index >= 15 is 0 Å². The second-order valence-corrected chi connectivity index (χ2v) is 13.1. The monoisotopic (exact) mass is 653 g/mol. The van der Waals surface area contributed by atoms with Gasteiger partial charge in [0.25, 0.3) is 0 Å². The Balaban J connectivity index is 1.35. The lowest BCUT2D eigenvalue weighted by Crippen LogP contribution is -2.15. The fraction of sp³-hybridized carbons (Fsp3) is 0.0400. The van der Waals surface area contributed by atoms with Crippen LogP contribution in [0.4, 0.5) is 11.4 Å². The molecule has 0 amide bonds. The molecule has 8 aromatic rings. The summed E-state index contributed by atoms with van der Waals surface area (Å²) in [6.45, 7) is 4.39. The van der Waals surface area contributed by atoms with Crippen LogP contribution in [-0.2, 0) is 0 Å². The Morgan fingerprint density at radius 1 is 0.412 bits per heavy atom. The van der Waals surface area contributed by atoms with Gasteiger partial charge in [0.15, 0.2) is 0 Å². The van der Waals surface area contributed by atoms with Gasteiger partial charge in [0.2, 0.25) is 0 Å².